The van der Waals surface area contributed by atoms with E-state index >= 15 is 0 Å². The summed E-state index contributed by atoms with van der Waals surface area (Å²) >= 11 is 0. The predicted octanol–water partition coefficient (Wildman–Crippen LogP) is 0.888. The van der Waals surface area contributed by atoms with Crippen molar-refractivity contribution in [2.45, 2.75) is 24.0 Å². The van der Waals surface area contributed by atoms with Crippen LogP contribution in [0.25, 0.3) is 0 Å². The van der Waals surface area contributed by atoms with Crippen molar-refractivity contribution in [2.75, 3.05) is 19.3 Å². The van der Waals surface area contributed by atoms with Crippen LogP contribution in [0.3, 0.4) is 0 Å². The minimum absolute atomic E-state index is 0.0315. The Morgan fingerprint density at radius 2 is 2.04 bits per heavy atom. The first kappa shape index (κ1) is 15.6. The molecule has 0 unspecified atom stereocenters. The first-order chi connectivity index (χ1) is 10.9. The summed E-state index contributed by atoms with van der Waals surface area (Å²) in [5, 5.41) is 7.04. The highest BCUT2D eigenvalue weighted by atomic mass is 32.2. The molecule has 9 heteroatoms. The van der Waals surface area contributed by atoms with Crippen LogP contribution in [0, 0.1) is 0 Å². The number of likely N-dealkylation sites (tertiary alicyclic amines) is 1. The topological polar surface area (TPSA) is 106 Å². The summed E-state index contributed by atoms with van der Waals surface area (Å²) in [4.78, 5) is 18.0. The molecule has 2 aromatic rings. The Bertz CT molecular complexity index is 795. The van der Waals surface area contributed by atoms with E-state index in [1.807, 2.05) is 0 Å². The monoisotopic (exact) mass is 336 g/mol. The molecule has 2 aromatic heterocycles. The highest BCUT2D eigenvalue weighted by Crippen LogP contribution is 2.28. The van der Waals surface area contributed by atoms with Gasteiger partial charge in [0.25, 0.3) is 5.91 Å². The van der Waals surface area contributed by atoms with Crippen LogP contribution in [-0.2, 0) is 9.84 Å². The molecule has 0 atom stereocenters. The van der Waals surface area contributed by atoms with Gasteiger partial charge in [0.2, 0.25) is 15.7 Å². The molecule has 122 valence electrons. The van der Waals surface area contributed by atoms with Gasteiger partial charge in [0.05, 0.1) is 5.56 Å². The van der Waals surface area contributed by atoms with E-state index in [2.05, 4.69) is 15.2 Å². The van der Waals surface area contributed by atoms with E-state index in [0.29, 0.717) is 37.4 Å². The normalized spacial score (nSPS) is 16.5. The highest BCUT2D eigenvalue weighted by molar-refractivity contribution is 7.90. The second-order valence-corrected chi connectivity index (χ2v) is 7.38. The molecule has 0 radical (unpaired) electrons. The zero-order chi connectivity index (χ0) is 16.4. The Hall–Kier alpha value is -2.29. The molecule has 0 saturated carbocycles. The van der Waals surface area contributed by atoms with Gasteiger partial charge in [0.1, 0.15) is 0 Å². The Morgan fingerprint density at radius 1 is 1.30 bits per heavy atom. The Labute approximate surface area is 133 Å². The summed E-state index contributed by atoms with van der Waals surface area (Å²) in [5.41, 5.74) is 0.558. The second kappa shape index (κ2) is 6.07. The third-order valence-electron chi connectivity index (χ3n) is 3.78. The molecule has 1 amide bonds. The van der Waals surface area contributed by atoms with E-state index < -0.39 is 9.84 Å². The summed E-state index contributed by atoms with van der Waals surface area (Å²) in [6.45, 7) is 1.10. The number of aromatic nitrogens is 3. The van der Waals surface area contributed by atoms with Crippen molar-refractivity contribution in [1.29, 1.82) is 0 Å². The molecule has 0 bridgehead atoms. The van der Waals surface area contributed by atoms with Gasteiger partial charge < -0.3 is 9.32 Å². The fraction of sp³-hybridized carbons (Fsp3) is 0.429. The Kier molecular flexibility index (Phi) is 4.12. The molecule has 1 saturated heterocycles. The zero-order valence-corrected chi connectivity index (χ0v) is 13.4. The lowest BCUT2D eigenvalue weighted by Gasteiger charge is -2.30. The number of hydrogen-bond acceptors (Lipinski definition) is 7. The van der Waals surface area contributed by atoms with Gasteiger partial charge in [-0.05, 0) is 25.0 Å². The minimum Gasteiger partial charge on any atom is -0.412 e. The number of rotatable bonds is 3. The van der Waals surface area contributed by atoms with Crippen LogP contribution in [0.1, 0.15) is 35.0 Å². The lowest BCUT2D eigenvalue weighted by atomic mass is 9.96. The average molecular weight is 336 g/mol. The van der Waals surface area contributed by atoms with Gasteiger partial charge in [-0.2, -0.15) is 0 Å². The van der Waals surface area contributed by atoms with Crippen molar-refractivity contribution in [3.63, 3.8) is 0 Å². The lowest BCUT2D eigenvalue weighted by Crippen LogP contribution is -2.38. The molecule has 1 aliphatic heterocycles. The molecule has 1 fully saturated rings. The number of amides is 1. The lowest BCUT2D eigenvalue weighted by molar-refractivity contribution is 0.0705. The van der Waals surface area contributed by atoms with Gasteiger partial charge in [-0.15, -0.1) is 5.10 Å². The zero-order valence-electron chi connectivity index (χ0n) is 12.5. The van der Waals surface area contributed by atoms with Crippen LogP contribution in [-0.4, -0.2) is 53.8 Å². The molecule has 23 heavy (non-hydrogen) atoms. The van der Waals surface area contributed by atoms with Crippen LogP contribution < -0.4 is 0 Å². The number of sulfone groups is 1. The molecular formula is C14H16N4O4S. The standard InChI is InChI=1S/C14H16N4O4S/c1-23(20,21)14-17-16-12(22-14)10-4-7-18(8-5-10)13(19)11-3-2-6-15-9-11/h2-3,6,9-10H,4-5,7-8H2,1H3. The van der Waals surface area contributed by atoms with Crippen molar-refractivity contribution >= 4 is 15.7 Å². The fourth-order valence-electron chi connectivity index (χ4n) is 2.54. The number of piperidine rings is 1. The SMILES string of the molecule is CS(=O)(=O)c1nnc(C2CCN(C(=O)c3cccnc3)CC2)o1. The van der Waals surface area contributed by atoms with Crippen molar-refractivity contribution in [3.8, 4) is 0 Å². The first-order valence-electron chi connectivity index (χ1n) is 7.18. The number of carbonyl (C=O) groups excluding carboxylic acids is 1. The molecule has 1 aliphatic rings. The van der Waals surface area contributed by atoms with Crippen molar-refractivity contribution in [1.82, 2.24) is 20.1 Å². The van der Waals surface area contributed by atoms with Crippen LogP contribution in [0.5, 0.6) is 0 Å². The number of carbonyl (C=O) groups is 1. The summed E-state index contributed by atoms with van der Waals surface area (Å²) in [5.74, 6) is 0.230. The molecular weight excluding hydrogens is 320 g/mol. The molecule has 0 aromatic carbocycles. The molecule has 3 heterocycles. The maximum Gasteiger partial charge on any atom is 0.335 e. The highest BCUT2D eigenvalue weighted by Gasteiger charge is 2.29. The minimum atomic E-state index is -3.49. The van der Waals surface area contributed by atoms with Gasteiger partial charge in [-0.1, -0.05) is 5.10 Å². The quantitative estimate of drug-likeness (QED) is 0.819. The van der Waals surface area contributed by atoms with Gasteiger partial charge in [0, 0.05) is 37.7 Å². The average Bonchev–Trinajstić information content (AvgIpc) is 3.05. The Balaban J connectivity index is 1.65. The van der Waals surface area contributed by atoms with E-state index in [9.17, 15) is 13.2 Å². The van der Waals surface area contributed by atoms with E-state index in [0.717, 1.165) is 6.26 Å². The molecule has 8 nitrogen and oxygen atoms in total. The molecule has 3 rings (SSSR count). The van der Waals surface area contributed by atoms with Gasteiger partial charge in [-0.25, -0.2) is 8.42 Å². The largest absolute Gasteiger partial charge is 0.412 e. The first-order valence-corrected chi connectivity index (χ1v) is 9.07. The van der Waals surface area contributed by atoms with E-state index in [1.54, 1.807) is 29.4 Å². The van der Waals surface area contributed by atoms with E-state index in [4.69, 9.17) is 4.42 Å². The summed E-state index contributed by atoms with van der Waals surface area (Å²) in [6, 6.07) is 3.46. The summed E-state index contributed by atoms with van der Waals surface area (Å²) < 4.78 is 28.0. The Morgan fingerprint density at radius 3 is 2.61 bits per heavy atom. The number of pyridine rings is 1. The van der Waals surface area contributed by atoms with Gasteiger partial charge in [0.15, 0.2) is 0 Å². The summed E-state index contributed by atoms with van der Waals surface area (Å²) in [6.07, 6.45) is 5.50. The third kappa shape index (κ3) is 3.39. The van der Waals surface area contributed by atoms with Crippen LogP contribution in [0.4, 0.5) is 0 Å². The molecule has 0 spiro atoms. The maximum absolute atomic E-state index is 12.3. The van der Waals surface area contributed by atoms with Crippen LogP contribution in [0.2, 0.25) is 0 Å². The van der Waals surface area contributed by atoms with Crippen molar-refractivity contribution < 1.29 is 17.6 Å². The van der Waals surface area contributed by atoms with Crippen LogP contribution >= 0.6 is 0 Å². The molecule has 0 N–H and O–H groups in total. The van der Waals surface area contributed by atoms with E-state index in [1.165, 1.54) is 0 Å². The van der Waals surface area contributed by atoms with Gasteiger partial charge >= 0.3 is 5.22 Å². The predicted molar refractivity (Wildman–Crippen MR) is 79.5 cm³/mol. The third-order valence-corrected chi connectivity index (χ3v) is 4.58. The van der Waals surface area contributed by atoms with Crippen LogP contribution in [0.15, 0.2) is 34.2 Å². The molecule has 0 aliphatic carbocycles. The maximum atomic E-state index is 12.3. The van der Waals surface area contributed by atoms with Crippen molar-refractivity contribution in [2.24, 2.45) is 0 Å². The smallest absolute Gasteiger partial charge is 0.335 e. The fourth-order valence-corrected chi connectivity index (χ4v) is 2.96. The second-order valence-electron chi connectivity index (χ2n) is 5.49. The van der Waals surface area contributed by atoms with Crippen molar-refractivity contribution in [3.05, 3.63) is 36.0 Å². The van der Waals surface area contributed by atoms with Gasteiger partial charge in [-0.3, -0.25) is 9.78 Å². The van der Waals surface area contributed by atoms with E-state index in [-0.39, 0.29) is 17.0 Å². The number of hydrogen-bond donors (Lipinski definition) is 0. The summed E-state index contributed by atoms with van der Waals surface area (Å²) in [7, 11) is -3.49. The number of nitrogens with zero attached hydrogens (tertiary/aromatic N) is 4.